The largest absolute Gasteiger partial charge is 0.472 e. The van der Waals surface area contributed by atoms with E-state index in [1.807, 2.05) is 27.2 Å². The van der Waals surface area contributed by atoms with E-state index in [9.17, 15) is 19.4 Å². The van der Waals surface area contributed by atoms with Crippen molar-refractivity contribution in [2.45, 2.75) is 231 Å². The van der Waals surface area contributed by atoms with Crippen molar-refractivity contribution in [2.24, 2.45) is 0 Å². The van der Waals surface area contributed by atoms with Crippen LogP contribution in [0.2, 0.25) is 0 Å². The number of phosphoric acid groups is 1. The molecule has 0 aromatic carbocycles. The number of nitrogens with zero attached hydrogens (tertiary/aromatic N) is 1. The molecule has 0 heterocycles. The Kier molecular flexibility index (Phi) is 46.1. The number of carbonyl (C=O) groups excluding carboxylic acids is 1. The fraction of sp³-hybridized carbons (Fsp3) is 0.737. The minimum Gasteiger partial charge on any atom is -0.387 e. The van der Waals surface area contributed by atoms with Crippen LogP contribution in [0.25, 0.3) is 0 Å². The molecule has 8 nitrogen and oxygen atoms in total. The number of phosphoric ester groups is 1. The third kappa shape index (κ3) is 49.6. The molecule has 0 aromatic rings. The number of aliphatic hydroxyl groups is 1. The van der Waals surface area contributed by atoms with E-state index in [0.29, 0.717) is 17.4 Å². The van der Waals surface area contributed by atoms with Crippen LogP contribution in [0, 0.1) is 0 Å². The van der Waals surface area contributed by atoms with E-state index in [1.54, 1.807) is 6.08 Å². The first kappa shape index (κ1) is 63.7. The second kappa shape index (κ2) is 47.7. The predicted octanol–water partition coefficient (Wildman–Crippen LogP) is 16.1. The first-order valence-corrected chi connectivity index (χ1v) is 28.5. The minimum atomic E-state index is -4.37. The number of likely N-dealkylation sites (N-methyl/N-ethyl adjacent to an activating group) is 1. The number of nitrogens with one attached hydrogen (secondary N) is 1. The molecule has 0 aliphatic rings. The SMILES string of the molecule is CC/C=C\C/C=C\C/C=C\C/C=C\CCCCCCC(=O)NC(COP(=O)(O)OCC[N+](C)(C)C)C(O)/C=C/CC/C=C/CC/C=C/CCCCCCCCCCCCCCCCCCC. The Labute approximate surface area is 407 Å². The van der Waals surface area contributed by atoms with Gasteiger partial charge in [0, 0.05) is 6.42 Å². The third-order valence-electron chi connectivity index (χ3n) is 11.6. The summed E-state index contributed by atoms with van der Waals surface area (Å²) in [4.78, 5) is 23.2. The molecule has 3 unspecified atom stereocenters. The summed E-state index contributed by atoms with van der Waals surface area (Å²) in [6, 6.07) is -0.888. The number of quaternary nitrogens is 1. The molecule has 0 bridgehead atoms. The number of hydrogen-bond donors (Lipinski definition) is 3. The molecule has 0 radical (unpaired) electrons. The number of hydrogen-bond acceptors (Lipinski definition) is 5. The maximum atomic E-state index is 12.9. The third-order valence-corrected chi connectivity index (χ3v) is 12.6. The average Bonchev–Trinajstić information content (AvgIpc) is 3.28. The number of rotatable bonds is 48. The fourth-order valence-corrected chi connectivity index (χ4v) is 8.09. The normalized spacial score (nSPS) is 14.7. The molecule has 66 heavy (non-hydrogen) atoms. The molecule has 0 fully saturated rings. The van der Waals surface area contributed by atoms with Crippen LogP contribution in [0.5, 0.6) is 0 Å². The van der Waals surface area contributed by atoms with E-state index in [1.165, 1.54) is 116 Å². The van der Waals surface area contributed by atoms with Crippen LogP contribution in [0.4, 0.5) is 0 Å². The van der Waals surface area contributed by atoms with E-state index in [-0.39, 0.29) is 19.1 Å². The Morgan fingerprint density at radius 2 is 0.924 bits per heavy atom. The molecular weight excluding hydrogens is 840 g/mol. The zero-order chi connectivity index (χ0) is 48.5. The van der Waals surface area contributed by atoms with Gasteiger partial charge in [-0.25, -0.2) is 4.57 Å². The van der Waals surface area contributed by atoms with Gasteiger partial charge < -0.3 is 19.8 Å². The summed E-state index contributed by atoms with van der Waals surface area (Å²) in [5, 5.41) is 13.9. The summed E-state index contributed by atoms with van der Waals surface area (Å²) in [5.41, 5.74) is 0. The van der Waals surface area contributed by atoms with Crippen molar-refractivity contribution >= 4 is 13.7 Å². The maximum absolute atomic E-state index is 12.9. The Bertz CT molecular complexity index is 1350. The molecule has 9 heteroatoms. The van der Waals surface area contributed by atoms with Gasteiger partial charge in [0.05, 0.1) is 39.9 Å². The van der Waals surface area contributed by atoms with Gasteiger partial charge in [-0.1, -0.05) is 214 Å². The molecule has 3 N–H and O–H groups in total. The van der Waals surface area contributed by atoms with Crippen molar-refractivity contribution in [3.8, 4) is 0 Å². The van der Waals surface area contributed by atoms with Crippen LogP contribution in [-0.4, -0.2) is 73.4 Å². The molecule has 0 rings (SSSR count). The molecule has 0 saturated heterocycles. The summed E-state index contributed by atoms with van der Waals surface area (Å²) in [6.07, 6.45) is 66.9. The van der Waals surface area contributed by atoms with Gasteiger partial charge in [0.15, 0.2) is 0 Å². The van der Waals surface area contributed by atoms with Gasteiger partial charge in [-0.05, 0) is 83.5 Å². The van der Waals surface area contributed by atoms with E-state index >= 15 is 0 Å². The number of aliphatic hydroxyl groups excluding tert-OH is 1. The molecular formula is C57H104N2O6P+. The first-order chi connectivity index (χ1) is 32.0. The van der Waals surface area contributed by atoms with Gasteiger partial charge in [0.1, 0.15) is 13.2 Å². The Morgan fingerprint density at radius 3 is 1.39 bits per heavy atom. The molecule has 1 amide bonds. The smallest absolute Gasteiger partial charge is 0.387 e. The van der Waals surface area contributed by atoms with E-state index in [4.69, 9.17) is 9.05 Å². The molecule has 0 spiro atoms. The molecule has 0 aliphatic heterocycles. The zero-order valence-corrected chi connectivity index (χ0v) is 44.3. The van der Waals surface area contributed by atoms with Gasteiger partial charge in [0.25, 0.3) is 0 Å². The van der Waals surface area contributed by atoms with Crippen molar-refractivity contribution in [2.75, 3.05) is 40.9 Å². The second-order valence-electron chi connectivity index (χ2n) is 19.2. The quantitative estimate of drug-likeness (QED) is 0.0243. The number of allylic oxidation sites excluding steroid dienone is 13. The van der Waals surface area contributed by atoms with E-state index < -0.39 is 20.0 Å². The fourth-order valence-electron chi connectivity index (χ4n) is 7.36. The van der Waals surface area contributed by atoms with Crippen LogP contribution >= 0.6 is 7.82 Å². The number of unbranched alkanes of at least 4 members (excludes halogenated alkanes) is 23. The highest BCUT2D eigenvalue weighted by Crippen LogP contribution is 2.43. The Balaban J connectivity index is 4.36. The molecule has 0 aromatic heterocycles. The van der Waals surface area contributed by atoms with Crippen LogP contribution in [0.1, 0.15) is 219 Å². The predicted molar refractivity (Wildman–Crippen MR) is 286 cm³/mol. The zero-order valence-electron chi connectivity index (χ0n) is 43.4. The van der Waals surface area contributed by atoms with Crippen molar-refractivity contribution in [1.29, 1.82) is 0 Å². The van der Waals surface area contributed by atoms with Crippen LogP contribution in [0.15, 0.2) is 85.1 Å². The lowest BCUT2D eigenvalue weighted by molar-refractivity contribution is -0.870. The van der Waals surface area contributed by atoms with Crippen LogP contribution in [-0.2, 0) is 18.4 Å². The van der Waals surface area contributed by atoms with Crippen molar-refractivity contribution in [3.05, 3.63) is 85.1 Å². The summed E-state index contributed by atoms with van der Waals surface area (Å²) in [5.74, 6) is -0.217. The topological polar surface area (TPSA) is 105 Å². The molecule has 0 saturated carbocycles. The van der Waals surface area contributed by atoms with Crippen molar-refractivity contribution < 1.29 is 32.9 Å². The van der Waals surface area contributed by atoms with Crippen LogP contribution in [0.3, 0.4) is 0 Å². The number of amides is 1. The summed E-state index contributed by atoms with van der Waals surface area (Å²) >= 11 is 0. The highest BCUT2D eigenvalue weighted by Gasteiger charge is 2.27. The standard InChI is InChI=1S/C57H103N2O6P/c1-6-8-10-12-14-16-18-20-22-24-25-26-27-28-29-30-31-32-33-35-36-38-40-42-44-46-48-50-56(60)55(54-65-66(62,63)64-53-52-59(3,4)5)58-57(61)51-49-47-45-43-41-39-37-34-23-21-19-17-15-13-11-9-7-2/h9,11,15,17,21,23,33,35,37,39-40,42,48,50,55-56,60H,6-8,10,12-14,16,18-20,22,24-32,34,36,38,41,43-47,49,51-54H2,1-5H3,(H-,58,61,62,63)/p+1/b11-9-,17-15-,23-21-,35-33+,39-37-,42-40+,50-48+. The van der Waals surface area contributed by atoms with Crippen LogP contribution < -0.4 is 5.32 Å². The average molecular weight is 944 g/mol. The molecule has 0 aliphatic carbocycles. The van der Waals surface area contributed by atoms with E-state index in [2.05, 4.69) is 92.1 Å². The van der Waals surface area contributed by atoms with Gasteiger partial charge in [-0.2, -0.15) is 0 Å². The monoisotopic (exact) mass is 944 g/mol. The van der Waals surface area contributed by atoms with Gasteiger partial charge in [-0.15, -0.1) is 0 Å². The Hall–Kier alpha value is -2.32. The lowest BCUT2D eigenvalue weighted by Gasteiger charge is -2.25. The second-order valence-corrected chi connectivity index (χ2v) is 20.7. The van der Waals surface area contributed by atoms with Crippen molar-refractivity contribution in [1.82, 2.24) is 5.32 Å². The molecule has 382 valence electrons. The highest BCUT2D eigenvalue weighted by atomic mass is 31.2. The maximum Gasteiger partial charge on any atom is 0.472 e. The highest BCUT2D eigenvalue weighted by molar-refractivity contribution is 7.47. The van der Waals surface area contributed by atoms with Gasteiger partial charge in [0.2, 0.25) is 5.91 Å². The lowest BCUT2D eigenvalue weighted by Crippen LogP contribution is -2.45. The first-order valence-electron chi connectivity index (χ1n) is 27.0. The summed E-state index contributed by atoms with van der Waals surface area (Å²) in [6.45, 7) is 4.65. The van der Waals surface area contributed by atoms with Gasteiger partial charge >= 0.3 is 7.82 Å². The Morgan fingerprint density at radius 1 is 0.530 bits per heavy atom. The van der Waals surface area contributed by atoms with E-state index in [0.717, 1.165) is 83.5 Å². The summed E-state index contributed by atoms with van der Waals surface area (Å²) in [7, 11) is 1.52. The number of carbonyl (C=O) groups is 1. The lowest BCUT2D eigenvalue weighted by atomic mass is 10.0. The van der Waals surface area contributed by atoms with Crippen molar-refractivity contribution in [3.63, 3.8) is 0 Å². The van der Waals surface area contributed by atoms with Gasteiger partial charge in [-0.3, -0.25) is 13.8 Å². The molecule has 3 atom stereocenters. The summed E-state index contributed by atoms with van der Waals surface area (Å²) < 4.78 is 23.6. The minimum absolute atomic E-state index is 0.0441.